The molecule has 2 N–H and O–H groups in total. The van der Waals surface area contributed by atoms with Gasteiger partial charge in [-0.1, -0.05) is 29.8 Å². The Balaban J connectivity index is 2.09. The summed E-state index contributed by atoms with van der Waals surface area (Å²) < 4.78 is 0. The summed E-state index contributed by atoms with van der Waals surface area (Å²) in [4.78, 5) is 12.8. The van der Waals surface area contributed by atoms with Crippen molar-refractivity contribution in [2.24, 2.45) is 0 Å². The van der Waals surface area contributed by atoms with Crippen molar-refractivity contribution in [3.05, 3.63) is 59.8 Å². The van der Waals surface area contributed by atoms with Crippen LogP contribution in [0.4, 0.5) is 5.95 Å². The quantitative estimate of drug-likeness (QED) is 0.782. The molecular formula is C15H11ClN4. The molecule has 4 nitrogen and oxygen atoms in total. The molecule has 0 saturated heterocycles. The standard InChI is InChI=1S/C15H11ClN4/c16-11-6-4-10(5-7-11)13-9-14(20-15(17)19-13)12-3-1-2-8-18-12/h1-9H,(H2,17,19,20). The molecule has 0 aliphatic heterocycles. The molecule has 0 fully saturated rings. The minimum Gasteiger partial charge on any atom is -0.368 e. The predicted octanol–water partition coefficient (Wildman–Crippen LogP) is 3.44. The highest BCUT2D eigenvalue weighted by Gasteiger charge is 2.07. The molecule has 3 aromatic rings. The lowest BCUT2D eigenvalue weighted by molar-refractivity contribution is 1.17. The zero-order chi connectivity index (χ0) is 13.9. The van der Waals surface area contributed by atoms with E-state index in [0.717, 1.165) is 17.0 Å². The number of pyridine rings is 1. The Morgan fingerprint density at radius 1 is 0.850 bits per heavy atom. The molecule has 20 heavy (non-hydrogen) atoms. The first kappa shape index (κ1) is 12.6. The van der Waals surface area contributed by atoms with E-state index >= 15 is 0 Å². The number of nitrogens with two attached hydrogens (primary N) is 1. The molecule has 0 aliphatic rings. The van der Waals surface area contributed by atoms with Gasteiger partial charge >= 0.3 is 0 Å². The topological polar surface area (TPSA) is 64.7 Å². The van der Waals surface area contributed by atoms with Crippen LogP contribution in [0.25, 0.3) is 22.6 Å². The van der Waals surface area contributed by atoms with Crippen LogP contribution in [0.1, 0.15) is 0 Å². The minimum atomic E-state index is 0.220. The third-order valence-electron chi connectivity index (χ3n) is 2.81. The average Bonchev–Trinajstić information content (AvgIpc) is 2.48. The van der Waals surface area contributed by atoms with Gasteiger partial charge in [-0.2, -0.15) is 0 Å². The summed E-state index contributed by atoms with van der Waals surface area (Å²) in [5.41, 5.74) is 8.92. The van der Waals surface area contributed by atoms with Crippen LogP contribution >= 0.6 is 11.6 Å². The number of hydrogen-bond donors (Lipinski definition) is 1. The third-order valence-corrected chi connectivity index (χ3v) is 3.06. The van der Waals surface area contributed by atoms with Gasteiger partial charge in [0.05, 0.1) is 17.1 Å². The molecule has 0 unspecified atom stereocenters. The van der Waals surface area contributed by atoms with Gasteiger partial charge in [0, 0.05) is 16.8 Å². The molecule has 0 atom stereocenters. The van der Waals surface area contributed by atoms with E-state index in [1.165, 1.54) is 0 Å². The SMILES string of the molecule is Nc1nc(-c2ccc(Cl)cc2)cc(-c2ccccn2)n1. The van der Waals surface area contributed by atoms with E-state index in [2.05, 4.69) is 15.0 Å². The van der Waals surface area contributed by atoms with Crippen molar-refractivity contribution in [3.8, 4) is 22.6 Å². The lowest BCUT2D eigenvalue weighted by Gasteiger charge is -2.06. The number of nitrogen functional groups attached to an aromatic ring is 1. The summed E-state index contributed by atoms with van der Waals surface area (Å²) >= 11 is 5.89. The second-order valence-electron chi connectivity index (χ2n) is 4.22. The average molecular weight is 283 g/mol. The number of nitrogens with zero attached hydrogens (tertiary/aromatic N) is 3. The maximum atomic E-state index is 5.89. The van der Waals surface area contributed by atoms with Crippen molar-refractivity contribution in [2.75, 3.05) is 5.73 Å². The third kappa shape index (κ3) is 2.60. The molecule has 3 rings (SSSR count). The Labute approximate surface area is 121 Å². The molecular weight excluding hydrogens is 272 g/mol. The fourth-order valence-corrected chi connectivity index (χ4v) is 2.01. The Morgan fingerprint density at radius 2 is 1.60 bits per heavy atom. The zero-order valence-corrected chi connectivity index (χ0v) is 11.2. The smallest absolute Gasteiger partial charge is 0.221 e. The Kier molecular flexibility index (Phi) is 3.31. The molecule has 1 aromatic carbocycles. The number of hydrogen-bond acceptors (Lipinski definition) is 4. The number of anilines is 1. The molecule has 98 valence electrons. The van der Waals surface area contributed by atoms with Crippen molar-refractivity contribution in [2.45, 2.75) is 0 Å². The molecule has 0 bridgehead atoms. The molecule has 2 aromatic heterocycles. The summed E-state index contributed by atoms with van der Waals surface area (Å²) in [6.45, 7) is 0. The van der Waals surface area contributed by atoms with E-state index in [1.54, 1.807) is 6.20 Å². The second-order valence-corrected chi connectivity index (χ2v) is 4.65. The van der Waals surface area contributed by atoms with Gasteiger partial charge in [-0.3, -0.25) is 4.98 Å². The molecule has 5 heteroatoms. The van der Waals surface area contributed by atoms with Gasteiger partial charge in [0.15, 0.2) is 0 Å². The monoisotopic (exact) mass is 282 g/mol. The largest absolute Gasteiger partial charge is 0.368 e. The van der Waals surface area contributed by atoms with Crippen molar-refractivity contribution in [1.29, 1.82) is 0 Å². The first-order valence-corrected chi connectivity index (χ1v) is 6.42. The van der Waals surface area contributed by atoms with Gasteiger partial charge in [0.1, 0.15) is 0 Å². The molecule has 0 spiro atoms. The number of halogens is 1. The summed E-state index contributed by atoms with van der Waals surface area (Å²) in [6.07, 6.45) is 1.72. The Bertz CT molecular complexity index is 727. The summed E-state index contributed by atoms with van der Waals surface area (Å²) in [5.74, 6) is 0.220. The van der Waals surface area contributed by atoms with Crippen LogP contribution in [0, 0.1) is 0 Å². The van der Waals surface area contributed by atoms with Crippen LogP contribution in [0.15, 0.2) is 54.7 Å². The van der Waals surface area contributed by atoms with Gasteiger partial charge in [-0.25, -0.2) is 9.97 Å². The van der Waals surface area contributed by atoms with Crippen LogP contribution in [0.3, 0.4) is 0 Å². The zero-order valence-electron chi connectivity index (χ0n) is 10.5. The van der Waals surface area contributed by atoms with Crippen LogP contribution in [0.2, 0.25) is 5.02 Å². The van der Waals surface area contributed by atoms with Crippen molar-refractivity contribution >= 4 is 17.5 Å². The molecule has 0 amide bonds. The maximum Gasteiger partial charge on any atom is 0.221 e. The van der Waals surface area contributed by atoms with Gasteiger partial charge in [-0.05, 0) is 30.3 Å². The van der Waals surface area contributed by atoms with E-state index in [4.69, 9.17) is 17.3 Å². The lowest BCUT2D eigenvalue weighted by Crippen LogP contribution is -1.99. The van der Waals surface area contributed by atoms with Crippen molar-refractivity contribution in [1.82, 2.24) is 15.0 Å². The number of rotatable bonds is 2. The summed E-state index contributed by atoms with van der Waals surface area (Å²) in [5, 5.41) is 0.681. The second kappa shape index (κ2) is 5.27. The fourth-order valence-electron chi connectivity index (χ4n) is 1.88. The Hall–Kier alpha value is -2.46. The summed E-state index contributed by atoms with van der Waals surface area (Å²) in [6, 6.07) is 14.9. The minimum absolute atomic E-state index is 0.220. The first-order chi connectivity index (χ1) is 9.72. The van der Waals surface area contributed by atoms with E-state index in [1.807, 2.05) is 48.5 Å². The van der Waals surface area contributed by atoms with Gasteiger partial charge in [-0.15, -0.1) is 0 Å². The molecule has 2 heterocycles. The summed E-state index contributed by atoms with van der Waals surface area (Å²) in [7, 11) is 0. The van der Waals surface area contributed by atoms with E-state index in [-0.39, 0.29) is 5.95 Å². The van der Waals surface area contributed by atoms with Crippen molar-refractivity contribution < 1.29 is 0 Å². The molecule has 0 radical (unpaired) electrons. The highest BCUT2D eigenvalue weighted by molar-refractivity contribution is 6.30. The number of benzene rings is 1. The van der Waals surface area contributed by atoms with Crippen molar-refractivity contribution in [3.63, 3.8) is 0 Å². The van der Waals surface area contributed by atoms with E-state index < -0.39 is 0 Å². The van der Waals surface area contributed by atoms with Gasteiger partial charge in [0.2, 0.25) is 5.95 Å². The van der Waals surface area contributed by atoms with Crippen LogP contribution < -0.4 is 5.73 Å². The highest BCUT2D eigenvalue weighted by atomic mass is 35.5. The van der Waals surface area contributed by atoms with Gasteiger partial charge in [0.25, 0.3) is 0 Å². The predicted molar refractivity (Wildman–Crippen MR) is 80.1 cm³/mol. The number of aromatic nitrogens is 3. The lowest BCUT2D eigenvalue weighted by atomic mass is 10.1. The Morgan fingerprint density at radius 3 is 2.30 bits per heavy atom. The van der Waals surface area contributed by atoms with Crippen LogP contribution in [-0.4, -0.2) is 15.0 Å². The van der Waals surface area contributed by atoms with Crippen LogP contribution in [0.5, 0.6) is 0 Å². The first-order valence-electron chi connectivity index (χ1n) is 6.04. The molecule has 0 saturated carbocycles. The molecule has 0 aliphatic carbocycles. The van der Waals surface area contributed by atoms with Crippen LogP contribution in [-0.2, 0) is 0 Å². The van der Waals surface area contributed by atoms with E-state index in [9.17, 15) is 0 Å². The highest BCUT2D eigenvalue weighted by Crippen LogP contribution is 2.24. The normalized spacial score (nSPS) is 10.4. The van der Waals surface area contributed by atoms with Gasteiger partial charge < -0.3 is 5.73 Å². The van der Waals surface area contributed by atoms with E-state index in [0.29, 0.717) is 10.7 Å². The maximum absolute atomic E-state index is 5.89. The fraction of sp³-hybridized carbons (Fsp3) is 0.